The van der Waals surface area contributed by atoms with E-state index in [1.807, 2.05) is 13.0 Å². The number of hydrogen-bond acceptors (Lipinski definition) is 4. The summed E-state index contributed by atoms with van der Waals surface area (Å²) in [5.74, 6) is 0.179. The largest absolute Gasteiger partial charge is 0.496 e. The topological polar surface area (TPSA) is 68.7 Å². The van der Waals surface area contributed by atoms with Crippen LogP contribution in [-0.2, 0) is 4.79 Å². The number of nitrogens with zero attached hydrogens (tertiary/aromatic N) is 1. The van der Waals surface area contributed by atoms with E-state index in [4.69, 9.17) is 14.6 Å². The maximum atomic E-state index is 10.7. The first kappa shape index (κ1) is 13.9. The van der Waals surface area contributed by atoms with Gasteiger partial charge in [-0.05, 0) is 25.1 Å². The zero-order valence-electron chi connectivity index (χ0n) is 11.5. The van der Waals surface area contributed by atoms with E-state index < -0.39 is 5.97 Å². The molecular weight excluding hydrogens is 258 g/mol. The number of hydrogen-bond donors (Lipinski definition) is 1. The number of fused-ring (bicyclic) bond motifs is 1. The molecule has 0 saturated carbocycles. The molecular formula is C15H15NO4. The predicted octanol–water partition coefficient (Wildman–Crippen LogP) is 2.66. The van der Waals surface area contributed by atoms with Gasteiger partial charge in [0.15, 0.2) is 0 Å². The van der Waals surface area contributed by atoms with Gasteiger partial charge in [-0.3, -0.25) is 4.98 Å². The Morgan fingerprint density at radius 3 is 2.55 bits per heavy atom. The minimum Gasteiger partial charge on any atom is -0.496 e. The van der Waals surface area contributed by atoms with Crippen LogP contribution in [0.25, 0.3) is 17.0 Å². The molecule has 0 atom stereocenters. The summed E-state index contributed by atoms with van der Waals surface area (Å²) < 4.78 is 10.7. The molecule has 0 amide bonds. The number of pyridine rings is 1. The molecule has 1 N–H and O–H groups in total. The minimum absolute atomic E-state index is 0.568. The Morgan fingerprint density at radius 1 is 1.25 bits per heavy atom. The van der Waals surface area contributed by atoms with Gasteiger partial charge in [-0.15, -0.1) is 0 Å². The van der Waals surface area contributed by atoms with Crippen LogP contribution in [-0.4, -0.2) is 30.3 Å². The second-order valence-electron chi connectivity index (χ2n) is 4.21. The molecule has 0 aliphatic heterocycles. The Bertz CT molecular complexity index is 692. The number of aromatic nitrogens is 1. The molecule has 1 heterocycles. The molecule has 0 fully saturated rings. The predicted molar refractivity (Wildman–Crippen MR) is 76.3 cm³/mol. The lowest BCUT2D eigenvalue weighted by Gasteiger charge is -2.12. The highest BCUT2D eigenvalue weighted by atomic mass is 16.5. The van der Waals surface area contributed by atoms with Gasteiger partial charge in [-0.1, -0.05) is 0 Å². The Kier molecular flexibility index (Phi) is 3.89. The molecule has 1 aromatic heterocycles. The highest BCUT2D eigenvalue weighted by molar-refractivity contribution is 5.98. The second-order valence-corrected chi connectivity index (χ2v) is 4.21. The smallest absolute Gasteiger partial charge is 0.328 e. The quantitative estimate of drug-likeness (QED) is 0.867. The van der Waals surface area contributed by atoms with Crippen LogP contribution in [0.1, 0.15) is 11.3 Å². The zero-order valence-corrected chi connectivity index (χ0v) is 11.5. The van der Waals surface area contributed by atoms with E-state index in [2.05, 4.69) is 4.98 Å². The first-order chi connectivity index (χ1) is 9.56. The lowest BCUT2D eigenvalue weighted by Crippen LogP contribution is -1.96. The van der Waals surface area contributed by atoms with E-state index in [1.165, 1.54) is 13.2 Å². The second kappa shape index (κ2) is 5.61. The number of carbonyl (C=O) groups is 1. The summed E-state index contributed by atoms with van der Waals surface area (Å²) in [7, 11) is 3.10. The summed E-state index contributed by atoms with van der Waals surface area (Å²) in [6.07, 6.45) is 2.56. The molecule has 0 unspecified atom stereocenters. The van der Waals surface area contributed by atoms with Crippen LogP contribution in [0.5, 0.6) is 11.5 Å². The van der Waals surface area contributed by atoms with Crippen LogP contribution >= 0.6 is 0 Å². The average Bonchev–Trinajstić information content (AvgIpc) is 2.43. The van der Waals surface area contributed by atoms with Crippen molar-refractivity contribution < 1.29 is 19.4 Å². The fraction of sp³-hybridized carbons (Fsp3) is 0.200. The number of aryl methyl sites for hydroxylation is 1. The highest BCUT2D eigenvalue weighted by Crippen LogP contribution is 2.35. The van der Waals surface area contributed by atoms with Crippen molar-refractivity contribution in [3.8, 4) is 11.5 Å². The molecule has 0 saturated heterocycles. The Balaban J connectivity index is 2.82. The maximum absolute atomic E-state index is 10.7. The van der Waals surface area contributed by atoms with Gasteiger partial charge in [0.1, 0.15) is 11.5 Å². The lowest BCUT2D eigenvalue weighted by atomic mass is 10.0. The van der Waals surface area contributed by atoms with Crippen molar-refractivity contribution in [3.63, 3.8) is 0 Å². The molecule has 5 nitrogen and oxygen atoms in total. The third-order valence-electron chi connectivity index (χ3n) is 2.90. The Labute approximate surface area is 116 Å². The molecule has 0 radical (unpaired) electrons. The Morgan fingerprint density at radius 2 is 1.95 bits per heavy atom. The van der Waals surface area contributed by atoms with Gasteiger partial charge < -0.3 is 14.6 Å². The van der Waals surface area contributed by atoms with Crippen molar-refractivity contribution in [1.29, 1.82) is 0 Å². The van der Waals surface area contributed by atoms with Crippen molar-refractivity contribution in [2.45, 2.75) is 6.92 Å². The molecule has 1 aromatic carbocycles. The molecule has 2 aromatic rings. The van der Waals surface area contributed by atoms with Crippen LogP contribution in [0, 0.1) is 6.92 Å². The first-order valence-electron chi connectivity index (χ1n) is 6.00. The first-order valence-corrected chi connectivity index (χ1v) is 6.00. The van der Waals surface area contributed by atoms with Gasteiger partial charge in [-0.25, -0.2) is 4.79 Å². The molecule has 0 aliphatic carbocycles. The van der Waals surface area contributed by atoms with Gasteiger partial charge in [0, 0.05) is 23.4 Å². The van der Waals surface area contributed by atoms with Crippen LogP contribution < -0.4 is 9.47 Å². The minimum atomic E-state index is -1.02. The SMILES string of the molecule is COc1ccc2nc(C)cc(OC)c2c1/C=C/C(=O)O. The summed E-state index contributed by atoms with van der Waals surface area (Å²) in [5, 5.41) is 9.54. The third kappa shape index (κ3) is 2.56. The molecule has 0 aliphatic rings. The van der Waals surface area contributed by atoms with Gasteiger partial charge in [0.05, 0.1) is 25.1 Å². The van der Waals surface area contributed by atoms with E-state index >= 15 is 0 Å². The number of rotatable bonds is 4. The van der Waals surface area contributed by atoms with E-state index in [0.29, 0.717) is 17.1 Å². The summed E-state index contributed by atoms with van der Waals surface area (Å²) in [4.78, 5) is 15.2. The third-order valence-corrected chi connectivity index (χ3v) is 2.90. The number of ether oxygens (including phenoxy) is 2. The van der Waals surface area contributed by atoms with Gasteiger partial charge in [-0.2, -0.15) is 0 Å². The number of carboxylic acids is 1. The molecule has 2 rings (SSSR count). The fourth-order valence-corrected chi connectivity index (χ4v) is 2.08. The fourth-order valence-electron chi connectivity index (χ4n) is 2.08. The summed E-state index contributed by atoms with van der Waals surface area (Å²) in [6, 6.07) is 5.39. The molecule has 5 heteroatoms. The average molecular weight is 273 g/mol. The monoisotopic (exact) mass is 273 g/mol. The van der Waals surface area contributed by atoms with E-state index in [1.54, 1.807) is 19.2 Å². The van der Waals surface area contributed by atoms with Crippen molar-refractivity contribution in [1.82, 2.24) is 4.98 Å². The lowest BCUT2D eigenvalue weighted by molar-refractivity contribution is -0.131. The van der Waals surface area contributed by atoms with Gasteiger partial charge in [0.2, 0.25) is 0 Å². The van der Waals surface area contributed by atoms with Crippen molar-refractivity contribution in [2.24, 2.45) is 0 Å². The molecule has 0 spiro atoms. The molecule has 0 bridgehead atoms. The van der Waals surface area contributed by atoms with Crippen LogP contribution in [0.3, 0.4) is 0 Å². The van der Waals surface area contributed by atoms with Crippen LogP contribution in [0.4, 0.5) is 0 Å². The number of aliphatic carboxylic acids is 1. The normalized spacial score (nSPS) is 10.9. The Hall–Kier alpha value is -2.56. The van der Waals surface area contributed by atoms with Crippen molar-refractivity contribution >= 4 is 22.9 Å². The highest BCUT2D eigenvalue weighted by Gasteiger charge is 2.12. The summed E-state index contributed by atoms with van der Waals surface area (Å²) >= 11 is 0. The molecule has 104 valence electrons. The summed E-state index contributed by atoms with van der Waals surface area (Å²) in [6.45, 7) is 1.87. The van der Waals surface area contributed by atoms with Gasteiger partial charge in [0.25, 0.3) is 0 Å². The number of benzene rings is 1. The zero-order chi connectivity index (χ0) is 14.7. The van der Waals surface area contributed by atoms with Crippen molar-refractivity contribution in [2.75, 3.05) is 14.2 Å². The van der Waals surface area contributed by atoms with Crippen LogP contribution in [0.15, 0.2) is 24.3 Å². The number of methoxy groups -OCH3 is 2. The van der Waals surface area contributed by atoms with E-state index in [9.17, 15) is 4.79 Å². The van der Waals surface area contributed by atoms with E-state index in [0.717, 1.165) is 22.7 Å². The van der Waals surface area contributed by atoms with Crippen LogP contribution in [0.2, 0.25) is 0 Å². The maximum Gasteiger partial charge on any atom is 0.328 e. The number of carboxylic acid groups (broad SMARTS) is 1. The standard InChI is InChI=1S/C15H15NO4/c1-9-8-13(20-3)15-10(4-7-14(17)18)12(19-2)6-5-11(15)16-9/h4-8H,1-3H3,(H,17,18)/b7-4+. The molecule has 20 heavy (non-hydrogen) atoms. The summed E-state index contributed by atoms with van der Waals surface area (Å²) in [5.41, 5.74) is 2.19. The van der Waals surface area contributed by atoms with Crippen molar-refractivity contribution in [3.05, 3.63) is 35.5 Å². The van der Waals surface area contributed by atoms with E-state index in [-0.39, 0.29) is 0 Å². The van der Waals surface area contributed by atoms with Gasteiger partial charge >= 0.3 is 5.97 Å².